The number of carbonyl (C=O) groups is 1. The molecule has 96 valence electrons. The standard InChI is InChI=1S/C13H23N3O/c1-3-4-5-6-7-8-9-13(17)14-12-10-11-16(2)15-12/h10-11H,3-9H2,1-2H3,(H,14,15,17). The fraction of sp³-hybridized carbons (Fsp3) is 0.692. The average Bonchev–Trinajstić information content (AvgIpc) is 2.69. The molecule has 1 rings (SSSR count). The van der Waals surface area contributed by atoms with Gasteiger partial charge in [-0.25, -0.2) is 0 Å². The summed E-state index contributed by atoms with van der Waals surface area (Å²) in [7, 11) is 1.84. The Labute approximate surface area is 103 Å². The van der Waals surface area contributed by atoms with Gasteiger partial charge in [-0.15, -0.1) is 0 Å². The van der Waals surface area contributed by atoms with Crippen LogP contribution in [0.5, 0.6) is 0 Å². The molecular weight excluding hydrogens is 214 g/mol. The Morgan fingerprint density at radius 1 is 1.29 bits per heavy atom. The first kappa shape index (κ1) is 13.7. The maximum atomic E-state index is 11.6. The Kier molecular flexibility index (Phi) is 6.37. The Bertz CT molecular complexity index is 333. The third-order valence-electron chi connectivity index (χ3n) is 2.74. The van der Waals surface area contributed by atoms with Gasteiger partial charge in [0.25, 0.3) is 0 Å². The molecule has 1 N–H and O–H groups in total. The monoisotopic (exact) mass is 237 g/mol. The first-order chi connectivity index (χ1) is 8.22. The van der Waals surface area contributed by atoms with Crippen molar-refractivity contribution in [1.29, 1.82) is 0 Å². The summed E-state index contributed by atoms with van der Waals surface area (Å²) >= 11 is 0. The van der Waals surface area contributed by atoms with E-state index in [1.807, 2.05) is 13.2 Å². The van der Waals surface area contributed by atoms with Gasteiger partial charge < -0.3 is 5.32 Å². The molecule has 1 aromatic heterocycles. The van der Waals surface area contributed by atoms with Crippen molar-refractivity contribution in [2.45, 2.75) is 51.9 Å². The molecule has 4 heteroatoms. The van der Waals surface area contributed by atoms with E-state index in [1.165, 1.54) is 25.7 Å². The molecule has 0 aliphatic heterocycles. The summed E-state index contributed by atoms with van der Waals surface area (Å²) in [4.78, 5) is 11.6. The van der Waals surface area contributed by atoms with Crippen molar-refractivity contribution in [1.82, 2.24) is 9.78 Å². The minimum atomic E-state index is 0.0687. The fourth-order valence-corrected chi connectivity index (χ4v) is 1.75. The number of nitrogens with zero attached hydrogens (tertiary/aromatic N) is 2. The summed E-state index contributed by atoms with van der Waals surface area (Å²) < 4.78 is 1.68. The lowest BCUT2D eigenvalue weighted by molar-refractivity contribution is -0.116. The van der Waals surface area contributed by atoms with Crippen molar-refractivity contribution in [2.75, 3.05) is 5.32 Å². The molecule has 4 nitrogen and oxygen atoms in total. The highest BCUT2D eigenvalue weighted by Gasteiger charge is 2.03. The zero-order valence-electron chi connectivity index (χ0n) is 10.9. The van der Waals surface area contributed by atoms with Crippen molar-refractivity contribution in [3.63, 3.8) is 0 Å². The van der Waals surface area contributed by atoms with Crippen LogP contribution in [0.4, 0.5) is 5.82 Å². The van der Waals surface area contributed by atoms with E-state index in [2.05, 4.69) is 17.3 Å². The average molecular weight is 237 g/mol. The van der Waals surface area contributed by atoms with Gasteiger partial charge in [0.1, 0.15) is 0 Å². The zero-order valence-corrected chi connectivity index (χ0v) is 10.9. The van der Waals surface area contributed by atoms with Crippen LogP contribution >= 0.6 is 0 Å². The highest BCUT2D eigenvalue weighted by Crippen LogP contribution is 2.08. The van der Waals surface area contributed by atoms with Gasteiger partial charge in [-0.3, -0.25) is 9.48 Å². The zero-order chi connectivity index (χ0) is 12.5. The van der Waals surface area contributed by atoms with E-state index in [0.29, 0.717) is 12.2 Å². The van der Waals surface area contributed by atoms with Gasteiger partial charge in [-0.1, -0.05) is 39.0 Å². The topological polar surface area (TPSA) is 46.9 Å². The first-order valence-electron chi connectivity index (χ1n) is 6.52. The summed E-state index contributed by atoms with van der Waals surface area (Å²) in [5, 5.41) is 6.90. The molecule has 0 saturated carbocycles. The number of carbonyl (C=O) groups excluding carboxylic acids is 1. The van der Waals surface area contributed by atoms with E-state index >= 15 is 0 Å². The Morgan fingerprint density at radius 3 is 2.65 bits per heavy atom. The highest BCUT2D eigenvalue weighted by atomic mass is 16.1. The number of unbranched alkanes of at least 4 members (excludes halogenated alkanes) is 5. The van der Waals surface area contributed by atoms with Crippen LogP contribution in [0.1, 0.15) is 51.9 Å². The largest absolute Gasteiger partial charge is 0.309 e. The van der Waals surface area contributed by atoms with Crippen LogP contribution in [0, 0.1) is 0 Å². The smallest absolute Gasteiger partial charge is 0.225 e. The first-order valence-corrected chi connectivity index (χ1v) is 6.52. The Hall–Kier alpha value is -1.32. The van der Waals surface area contributed by atoms with E-state index in [1.54, 1.807) is 10.7 Å². The quantitative estimate of drug-likeness (QED) is 0.706. The van der Waals surface area contributed by atoms with Crippen LogP contribution in [0.3, 0.4) is 0 Å². The second-order valence-electron chi connectivity index (χ2n) is 4.44. The summed E-state index contributed by atoms with van der Waals surface area (Å²) in [5.41, 5.74) is 0. The van der Waals surface area contributed by atoms with Gasteiger partial charge in [-0.2, -0.15) is 5.10 Å². The second kappa shape index (κ2) is 7.87. The molecule has 0 radical (unpaired) electrons. The third kappa shape index (κ3) is 6.09. The van der Waals surface area contributed by atoms with Crippen molar-refractivity contribution in [3.8, 4) is 0 Å². The molecule has 0 bridgehead atoms. The minimum absolute atomic E-state index is 0.0687. The number of anilines is 1. The van der Waals surface area contributed by atoms with E-state index in [9.17, 15) is 4.79 Å². The number of hydrogen-bond acceptors (Lipinski definition) is 2. The van der Waals surface area contributed by atoms with E-state index in [-0.39, 0.29) is 5.91 Å². The predicted molar refractivity (Wildman–Crippen MR) is 69.8 cm³/mol. The molecular formula is C13H23N3O. The van der Waals surface area contributed by atoms with Gasteiger partial charge in [0, 0.05) is 25.7 Å². The van der Waals surface area contributed by atoms with Crippen molar-refractivity contribution in [2.24, 2.45) is 7.05 Å². The van der Waals surface area contributed by atoms with Gasteiger partial charge in [-0.05, 0) is 6.42 Å². The minimum Gasteiger partial charge on any atom is -0.309 e. The summed E-state index contributed by atoms with van der Waals surface area (Å²) in [6.45, 7) is 2.21. The maximum absolute atomic E-state index is 11.6. The van der Waals surface area contributed by atoms with Crippen LogP contribution in [-0.2, 0) is 11.8 Å². The van der Waals surface area contributed by atoms with Crippen molar-refractivity contribution >= 4 is 11.7 Å². The molecule has 0 fully saturated rings. The van der Waals surface area contributed by atoms with Crippen LogP contribution in [0.15, 0.2) is 12.3 Å². The normalized spacial score (nSPS) is 10.5. The molecule has 1 amide bonds. The van der Waals surface area contributed by atoms with E-state index < -0.39 is 0 Å². The molecule has 1 heterocycles. The SMILES string of the molecule is CCCCCCCCC(=O)Nc1ccn(C)n1. The Morgan fingerprint density at radius 2 is 2.00 bits per heavy atom. The highest BCUT2D eigenvalue weighted by molar-refractivity contribution is 5.89. The van der Waals surface area contributed by atoms with Crippen molar-refractivity contribution < 1.29 is 4.79 Å². The number of aryl methyl sites for hydroxylation is 1. The lowest BCUT2D eigenvalue weighted by atomic mass is 10.1. The van der Waals surface area contributed by atoms with Gasteiger partial charge in [0.15, 0.2) is 5.82 Å². The molecule has 0 aliphatic carbocycles. The number of nitrogens with one attached hydrogen (secondary N) is 1. The number of hydrogen-bond donors (Lipinski definition) is 1. The molecule has 0 saturated heterocycles. The Balaban J connectivity index is 2.05. The van der Waals surface area contributed by atoms with Gasteiger partial charge in [0.2, 0.25) is 5.91 Å². The molecule has 1 aromatic rings. The molecule has 0 spiro atoms. The second-order valence-corrected chi connectivity index (χ2v) is 4.44. The molecule has 17 heavy (non-hydrogen) atoms. The van der Waals surface area contributed by atoms with Crippen LogP contribution in [0.2, 0.25) is 0 Å². The lowest BCUT2D eigenvalue weighted by Crippen LogP contribution is -2.11. The van der Waals surface area contributed by atoms with Gasteiger partial charge in [0.05, 0.1) is 0 Å². The maximum Gasteiger partial charge on any atom is 0.225 e. The number of aromatic nitrogens is 2. The summed E-state index contributed by atoms with van der Waals surface area (Å²) in [6, 6.07) is 1.80. The molecule has 0 unspecified atom stereocenters. The van der Waals surface area contributed by atoms with E-state index in [0.717, 1.165) is 12.8 Å². The van der Waals surface area contributed by atoms with Crippen LogP contribution in [0.25, 0.3) is 0 Å². The van der Waals surface area contributed by atoms with Crippen LogP contribution in [-0.4, -0.2) is 15.7 Å². The summed E-state index contributed by atoms with van der Waals surface area (Å²) in [5.74, 6) is 0.711. The van der Waals surface area contributed by atoms with Crippen LogP contribution < -0.4 is 5.32 Å². The summed E-state index contributed by atoms with van der Waals surface area (Å²) in [6.07, 6.45) is 9.64. The fourth-order valence-electron chi connectivity index (χ4n) is 1.75. The molecule has 0 aliphatic rings. The molecule has 0 aromatic carbocycles. The predicted octanol–water partition coefficient (Wildman–Crippen LogP) is 3.11. The number of rotatable bonds is 8. The van der Waals surface area contributed by atoms with E-state index in [4.69, 9.17) is 0 Å². The number of amides is 1. The third-order valence-corrected chi connectivity index (χ3v) is 2.74. The molecule has 0 atom stereocenters. The van der Waals surface area contributed by atoms with Crippen molar-refractivity contribution in [3.05, 3.63) is 12.3 Å². The lowest BCUT2D eigenvalue weighted by Gasteiger charge is -2.02. The van der Waals surface area contributed by atoms with Gasteiger partial charge >= 0.3 is 0 Å².